The fourth-order valence-corrected chi connectivity index (χ4v) is 1.48. The molecule has 2 aromatic heterocycles. The number of hydrogen-bond acceptors (Lipinski definition) is 4. The molecule has 6 heteroatoms. The van der Waals surface area contributed by atoms with Crippen LogP contribution in [0.1, 0.15) is 5.82 Å². The number of aromatic amines is 1. The highest BCUT2D eigenvalue weighted by atomic mass is 15.6. The summed E-state index contributed by atoms with van der Waals surface area (Å²) in [5.41, 5.74) is 1.97. The number of imidazole rings is 1. The molecule has 6 nitrogen and oxygen atoms in total. The zero-order valence-corrected chi connectivity index (χ0v) is 7.83. The first-order valence-corrected chi connectivity index (χ1v) is 4.56. The number of nitrogens with one attached hydrogen (secondary N) is 1. The molecule has 0 aliphatic rings. The smallest absolute Gasteiger partial charge is 0.162 e. The van der Waals surface area contributed by atoms with Gasteiger partial charge in [0.2, 0.25) is 0 Å². The third-order valence-electron chi connectivity index (χ3n) is 2.12. The Labute approximate surface area is 84.9 Å². The molecule has 2 heterocycles. The van der Waals surface area contributed by atoms with Crippen molar-refractivity contribution in [1.29, 1.82) is 0 Å². The summed E-state index contributed by atoms with van der Waals surface area (Å²) in [5.74, 6) is 0.828. The van der Waals surface area contributed by atoms with E-state index in [1.807, 2.05) is 24.3 Å². The third kappa shape index (κ3) is 1.45. The molecule has 74 valence electrons. The van der Waals surface area contributed by atoms with Gasteiger partial charge in [-0.15, -0.1) is 10.2 Å². The van der Waals surface area contributed by atoms with Gasteiger partial charge < -0.3 is 4.98 Å². The number of tetrazole rings is 1. The first-order chi connectivity index (χ1) is 7.42. The van der Waals surface area contributed by atoms with Crippen molar-refractivity contribution in [2.75, 3.05) is 0 Å². The lowest BCUT2D eigenvalue weighted by Crippen LogP contribution is -2.05. The van der Waals surface area contributed by atoms with Crippen LogP contribution in [0.5, 0.6) is 0 Å². The molecule has 0 saturated carbocycles. The van der Waals surface area contributed by atoms with Gasteiger partial charge in [0.15, 0.2) is 6.33 Å². The molecule has 3 rings (SSSR count). The van der Waals surface area contributed by atoms with Gasteiger partial charge in [0.25, 0.3) is 0 Å². The van der Waals surface area contributed by atoms with Crippen molar-refractivity contribution in [3.63, 3.8) is 0 Å². The van der Waals surface area contributed by atoms with E-state index in [1.54, 1.807) is 0 Å². The van der Waals surface area contributed by atoms with E-state index >= 15 is 0 Å². The van der Waals surface area contributed by atoms with Crippen LogP contribution in [0.3, 0.4) is 0 Å². The number of benzene rings is 1. The first-order valence-electron chi connectivity index (χ1n) is 4.56. The first kappa shape index (κ1) is 8.10. The Bertz CT molecular complexity index is 534. The molecule has 0 saturated heterocycles. The zero-order valence-electron chi connectivity index (χ0n) is 7.83. The van der Waals surface area contributed by atoms with Crippen LogP contribution < -0.4 is 0 Å². The molecule has 1 aromatic carbocycles. The Hall–Kier alpha value is -2.24. The van der Waals surface area contributed by atoms with E-state index in [-0.39, 0.29) is 0 Å². The van der Waals surface area contributed by atoms with Crippen LogP contribution in [-0.2, 0) is 6.54 Å². The maximum atomic E-state index is 4.40. The summed E-state index contributed by atoms with van der Waals surface area (Å²) in [4.78, 5) is 9.08. The van der Waals surface area contributed by atoms with Crippen LogP contribution in [0.2, 0.25) is 0 Å². The highest BCUT2D eigenvalue weighted by Crippen LogP contribution is 2.10. The van der Waals surface area contributed by atoms with Crippen LogP contribution in [0.25, 0.3) is 11.0 Å². The van der Waals surface area contributed by atoms with Gasteiger partial charge in [-0.3, -0.25) is 0 Å². The second kappa shape index (κ2) is 3.16. The average molecular weight is 200 g/mol. The predicted molar refractivity (Wildman–Crippen MR) is 53.0 cm³/mol. The van der Waals surface area contributed by atoms with E-state index in [9.17, 15) is 0 Å². The number of H-pyrrole nitrogens is 1. The van der Waals surface area contributed by atoms with E-state index in [0.29, 0.717) is 6.54 Å². The number of rotatable bonds is 2. The Kier molecular flexibility index (Phi) is 1.71. The lowest BCUT2D eigenvalue weighted by atomic mass is 10.3. The molecule has 0 aliphatic carbocycles. The molecule has 0 fully saturated rings. The van der Waals surface area contributed by atoms with Crippen molar-refractivity contribution in [2.45, 2.75) is 6.54 Å². The van der Waals surface area contributed by atoms with Gasteiger partial charge in [-0.1, -0.05) is 12.1 Å². The average Bonchev–Trinajstić information content (AvgIpc) is 2.86. The Morgan fingerprint density at radius 2 is 2.20 bits per heavy atom. The Morgan fingerprint density at radius 1 is 1.27 bits per heavy atom. The number of fused-ring (bicyclic) bond motifs is 1. The van der Waals surface area contributed by atoms with Gasteiger partial charge >= 0.3 is 0 Å². The summed E-state index contributed by atoms with van der Waals surface area (Å²) in [5, 5.41) is 11.3. The molecule has 0 amide bonds. The topological polar surface area (TPSA) is 72.3 Å². The van der Waals surface area contributed by atoms with Crippen LogP contribution in [0, 0.1) is 0 Å². The Balaban J connectivity index is 1.98. The van der Waals surface area contributed by atoms with Crippen molar-refractivity contribution in [3.8, 4) is 0 Å². The normalized spacial score (nSPS) is 10.9. The van der Waals surface area contributed by atoms with Crippen molar-refractivity contribution in [1.82, 2.24) is 30.2 Å². The molecule has 0 bridgehead atoms. The lowest BCUT2D eigenvalue weighted by molar-refractivity contribution is 0.558. The van der Waals surface area contributed by atoms with Crippen molar-refractivity contribution in [3.05, 3.63) is 36.4 Å². The molecule has 1 N–H and O–H groups in total. The molecule has 0 spiro atoms. The summed E-state index contributed by atoms with van der Waals surface area (Å²) in [6, 6.07) is 7.88. The molecule has 0 atom stereocenters. The second-order valence-corrected chi connectivity index (χ2v) is 3.17. The molecule has 0 unspecified atom stereocenters. The van der Waals surface area contributed by atoms with E-state index in [1.165, 1.54) is 11.1 Å². The molecule has 3 aromatic rings. The zero-order chi connectivity index (χ0) is 10.1. The van der Waals surface area contributed by atoms with Crippen LogP contribution >= 0.6 is 0 Å². The van der Waals surface area contributed by atoms with Crippen LogP contribution in [-0.4, -0.2) is 30.2 Å². The summed E-state index contributed by atoms with van der Waals surface area (Å²) >= 11 is 0. The van der Waals surface area contributed by atoms with Gasteiger partial charge in [-0.2, -0.15) is 4.80 Å². The maximum absolute atomic E-state index is 4.40. The highest BCUT2D eigenvalue weighted by molar-refractivity contribution is 5.74. The van der Waals surface area contributed by atoms with Gasteiger partial charge in [-0.05, 0) is 17.3 Å². The minimum Gasteiger partial charge on any atom is -0.340 e. The SMILES string of the molecule is c1ccc2[nH]c(Cn3ncnn3)nc2c1. The largest absolute Gasteiger partial charge is 0.340 e. The number of nitrogens with zero attached hydrogens (tertiary/aromatic N) is 5. The number of aromatic nitrogens is 6. The van der Waals surface area contributed by atoms with E-state index in [0.717, 1.165) is 16.9 Å². The summed E-state index contributed by atoms with van der Waals surface area (Å²) in [7, 11) is 0. The summed E-state index contributed by atoms with van der Waals surface area (Å²) < 4.78 is 0. The minimum absolute atomic E-state index is 0.509. The van der Waals surface area contributed by atoms with Gasteiger partial charge in [-0.25, -0.2) is 4.98 Å². The summed E-state index contributed by atoms with van der Waals surface area (Å²) in [6.45, 7) is 0.509. The highest BCUT2D eigenvalue weighted by Gasteiger charge is 2.03. The second-order valence-electron chi connectivity index (χ2n) is 3.17. The quantitative estimate of drug-likeness (QED) is 0.657. The van der Waals surface area contributed by atoms with E-state index < -0.39 is 0 Å². The maximum Gasteiger partial charge on any atom is 0.162 e. The van der Waals surface area contributed by atoms with Gasteiger partial charge in [0.05, 0.1) is 11.0 Å². The predicted octanol–water partition coefficient (Wildman–Crippen LogP) is 0.598. The van der Waals surface area contributed by atoms with Crippen molar-refractivity contribution < 1.29 is 0 Å². The Morgan fingerprint density at radius 3 is 3.00 bits per heavy atom. The number of hydrogen-bond donors (Lipinski definition) is 1. The number of para-hydroxylation sites is 2. The molecular formula is C9H8N6. The standard InChI is InChI=1S/C9H8N6/c1-2-4-8-7(3-1)12-9(13-8)5-15-11-6-10-14-15/h1-4,6H,5H2,(H,12,13). The third-order valence-corrected chi connectivity index (χ3v) is 2.12. The van der Waals surface area contributed by atoms with Crippen LogP contribution in [0.4, 0.5) is 0 Å². The van der Waals surface area contributed by atoms with Crippen LogP contribution in [0.15, 0.2) is 30.6 Å². The minimum atomic E-state index is 0.509. The fraction of sp³-hybridized carbons (Fsp3) is 0.111. The fourth-order valence-electron chi connectivity index (χ4n) is 1.48. The molecule has 0 aliphatic heterocycles. The molecule has 15 heavy (non-hydrogen) atoms. The lowest BCUT2D eigenvalue weighted by Gasteiger charge is -1.92. The van der Waals surface area contributed by atoms with Gasteiger partial charge in [0.1, 0.15) is 12.4 Å². The molecule has 0 radical (unpaired) electrons. The monoisotopic (exact) mass is 200 g/mol. The van der Waals surface area contributed by atoms with E-state index in [2.05, 4.69) is 25.4 Å². The van der Waals surface area contributed by atoms with Crippen molar-refractivity contribution >= 4 is 11.0 Å². The van der Waals surface area contributed by atoms with Gasteiger partial charge in [0, 0.05) is 0 Å². The molecular weight excluding hydrogens is 192 g/mol. The van der Waals surface area contributed by atoms with Crippen molar-refractivity contribution in [2.24, 2.45) is 0 Å². The van der Waals surface area contributed by atoms with E-state index in [4.69, 9.17) is 0 Å². The summed E-state index contributed by atoms with van der Waals surface area (Å²) in [6.07, 6.45) is 1.41.